The van der Waals surface area contributed by atoms with Crippen molar-refractivity contribution in [3.63, 3.8) is 0 Å². The highest BCUT2D eigenvalue weighted by Crippen LogP contribution is 2.39. The van der Waals surface area contributed by atoms with Gasteiger partial charge in [0.05, 0.1) is 20.1 Å². The second kappa shape index (κ2) is 10.2. The van der Waals surface area contributed by atoms with E-state index < -0.39 is 5.91 Å². The first-order chi connectivity index (χ1) is 15.3. The fraction of sp³-hybridized carbons (Fsp3) is 0.0435. The van der Waals surface area contributed by atoms with Crippen molar-refractivity contribution < 1.29 is 14.3 Å². The summed E-state index contributed by atoms with van der Waals surface area (Å²) in [5.74, 6) is 0.1000. The van der Waals surface area contributed by atoms with Crippen molar-refractivity contribution in [2.75, 3.05) is 4.90 Å². The first-order valence-corrected chi connectivity index (χ1v) is 12.7. The molecule has 0 unspecified atom stereocenters. The molecule has 2 amide bonds. The van der Waals surface area contributed by atoms with Crippen LogP contribution in [-0.2, 0) is 11.4 Å². The van der Waals surface area contributed by atoms with Crippen LogP contribution in [0.5, 0.6) is 5.75 Å². The smallest absolute Gasteiger partial charge is 0.298 e. The summed E-state index contributed by atoms with van der Waals surface area (Å²) in [6.07, 6.45) is 1.63. The van der Waals surface area contributed by atoms with Gasteiger partial charge in [-0.25, -0.2) is 4.90 Å². The fourth-order valence-corrected chi connectivity index (χ4v) is 5.37. The summed E-state index contributed by atoms with van der Waals surface area (Å²) >= 11 is 19.1. The van der Waals surface area contributed by atoms with Gasteiger partial charge in [0.1, 0.15) is 6.61 Å². The van der Waals surface area contributed by atoms with Crippen LogP contribution in [0.1, 0.15) is 11.1 Å². The first-order valence-electron chi connectivity index (χ1n) is 9.21. The zero-order valence-corrected chi connectivity index (χ0v) is 22.2. The van der Waals surface area contributed by atoms with Crippen LogP contribution in [0.3, 0.4) is 0 Å². The molecule has 9 heteroatoms. The maximum absolute atomic E-state index is 12.9. The number of rotatable bonds is 5. The van der Waals surface area contributed by atoms with E-state index in [1.54, 1.807) is 42.5 Å². The Kier molecular flexibility index (Phi) is 7.51. The number of nitrogens with zero attached hydrogens (tertiary/aromatic N) is 1. The van der Waals surface area contributed by atoms with Crippen LogP contribution >= 0.6 is 73.5 Å². The number of carbonyl (C=O) groups is 2. The van der Waals surface area contributed by atoms with Gasteiger partial charge < -0.3 is 4.74 Å². The van der Waals surface area contributed by atoms with Crippen molar-refractivity contribution in [1.82, 2.24) is 0 Å². The molecule has 1 saturated heterocycles. The lowest BCUT2D eigenvalue weighted by Crippen LogP contribution is -2.27. The summed E-state index contributed by atoms with van der Waals surface area (Å²) in [5.41, 5.74) is 2.12. The third-order valence-corrected chi connectivity index (χ3v) is 7.17. The monoisotopic (exact) mass is 659 g/mol. The van der Waals surface area contributed by atoms with Crippen LogP contribution in [0.15, 0.2) is 70.0 Å². The van der Waals surface area contributed by atoms with Crippen molar-refractivity contribution in [2.24, 2.45) is 0 Å². The summed E-state index contributed by atoms with van der Waals surface area (Å²) in [5, 5.41) is 0.457. The Morgan fingerprint density at radius 1 is 1.06 bits per heavy atom. The average molecular weight is 661 g/mol. The van der Waals surface area contributed by atoms with Gasteiger partial charge in [0, 0.05) is 8.59 Å². The minimum Gasteiger partial charge on any atom is -0.486 e. The Balaban J connectivity index is 1.54. The number of thioether (sulfide) groups is 1. The van der Waals surface area contributed by atoms with Crippen molar-refractivity contribution in [3.05, 3.63) is 94.8 Å². The number of carbonyl (C=O) groups excluding carboxylic acids is 2. The minimum atomic E-state index is -0.409. The highest BCUT2D eigenvalue weighted by molar-refractivity contribution is 14.1. The number of hydrogen-bond donors (Lipinski definition) is 0. The van der Waals surface area contributed by atoms with Crippen molar-refractivity contribution in [2.45, 2.75) is 6.61 Å². The average Bonchev–Trinajstić information content (AvgIpc) is 3.01. The van der Waals surface area contributed by atoms with Gasteiger partial charge in [-0.1, -0.05) is 41.4 Å². The Labute approximate surface area is 221 Å². The van der Waals surface area contributed by atoms with Gasteiger partial charge in [0.2, 0.25) is 0 Å². The Morgan fingerprint density at radius 3 is 2.50 bits per heavy atom. The topological polar surface area (TPSA) is 46.6 Å². The molecule has 3 aromatic carbocycles. The molecular formula is C23H13BrCl2INO3S. The molecule has 1 heterocycles. The lowest BCUT2D eigenvalue weighted by Gasteiger charge is -2.12. The Morgan fingerprint density at radius 2 is 1.81 bits per heavy atom. The van der Waals surface area contributed by atoms with Crippen LogP contribution < -0.4 is 9.64 Å². The molecule has 0 bridgehead atoms. The largest absolute Gasteiger partial charge is 0.486 e. The van der Waals surface area contributed by atoms with Gasteiger partial charge in [0.25, 0.3) is 11.1 Å². The van der Waals surface area contributed by atoms with Gasteiger partial charge in [-0.2, -0.15) is 0 Å². The summed E-state index contributed by atoms with van der Waals surface area (Å²) in [6, 6.07) is 18.1. The standard InChI is InChI=1S/C23H13BrCl2INO3S/c24-18-8-14(9-19(26)21(18)31-12-13-4-6-16(27)7-5-13)10-20-22(29)28(23(30)32-20)17-3-1-2-15(25)11-17/h1-11H,12H2/b20-10+. The zero-order chi connectivity index (χ0) is 22.8. The maximum atomic E-state index is 12.9. The zero-order valence-electron chi connectivity index (χ0n) is 16.2. The van der Waals surface area contributed by atoms with E-state index in [4.69, 9.17) is 27.9 Å². The van der Waals surface area contributed by atoms with Gasteiger partial charge in [-0.15, -0.1) is 0 Å². The van der Waals surface area contributed by atoms with Crippen LogP contribution in [-0.4, -0.2) is 11.1 Å². The van der Waals surface area contributed by atoms with E-state index >= 15 is 0 Å². The van der Waals surface area contributed by atoms with Crippen molar-refractivity contribution >= 4 is 96.4 Å². The first kappa shape index (κ1) is 23.6. The molecule has 0 aromatic heterocycles. The third-order valence-electron chi connectivity index (χ3n) is 4.47. The quantitative estimate of drug-likeness (QED) is 0.205. The van der Waals surface area contributed by atoms with Gasteiger partial charge in [0.15, 0.2) is 5.75 Å². The molecule has 0 atom stereocenters. The van der Waals surface area contributed by atoms with Gasteiger partial charge in [-0.3, -0.25) is 9.59 Å². The Bertz CT molecular complexity index is 1230. The molecule has 3 aromatic rings. The summed E-state index contributed by atoms with van der Waals surface area (Å²) < 4.78 is 7.69. The van der Waals surface area contributed by atoms with Crippen molar-refractivity contribution in [1.29, 1.82) is 0 Å². The normalized spacial score (nSPS) is 15.0. The maximum Gasteiger partial charge on any atom is 0.298 e. The minimum absolute atomic E-state index is 0.297. The summed E-state index contributed by atoms with van der Waals surface area (Å²) in [6.45, 7) is 0.368. The van der Waals surface area contributed by atoms with Crippen LogP contribution in [0, 0.1) is 3.57 Å². The highest BCUT2D eigenvalue weighted by atomic mass is 127. The van der Waals surface area contributed by atoms with Crippen LogP contribution in [0.25, 0.3) is 6.08 Å². The number of benzene rings is 3. The molecule has 4 nitrogen and oxygen atoms in total. The summed E-state index contributed by atoms with van der Waals surface area (Å²) in [7, 11) is 0. The molecule has 162 valence electrons. The fourth-order valence-electron chi connectivity index (χ4n) is 2.99. The molecular weight excluding hydrogens is 648 g/mol. The van der Waals surface area contributed by atoms with E-state index in [9.17, 15) is 9.59 Å². The van der Waals surface area contributed by atoms with E-state index in [2.05, 4.69) is 38.5 Å². The number of anilines is 1. The molecule has 0 aliphatic carbocycles. The molecule has 0 spiro atoms. The molecule has 1 aliphatic rings. The van der Waals surface area contributed by atoms with Crippen LogP contribution in [0.2, 0.25) is 10.0 Å². The lowest BCUT2D eigenvalue weighted by molar-refractivity contribution is -0.113. The van der Waals surface area contributed by atoms with E-state index in [-0.39, 0.29) is 5.24 Å². The van der Waals surface area contributed by atoms with Crippen LogP contribution in [0.4, 0.5) is 10.5 Å². The second-order valence-corrected chi connectivity index (χ2v) is 10.7. The predicted octanol–water partition coefficient (Wildman–Crippen LogP) is 8.18. The van der Waals surface area contributed by atoms with E-state index in [0.29, 0.717) is 43.0 Å². The third kappa shape index (κ3) is 5.34. The Hall–Kier alpha value is -1.52. The van der Waals surface area contributed by atoms with Gasteiger partial charge in [-0.05, 0) is 110 Å². The highest BCUT2D eigenvalue weighted by Gasteiger charge is 2.36. The number of ether oxygens (including phenoxy) is 1. The number of amides is 2. The molecule has 0 N–H and O–H groups in total. The molecule has 0 radical (unpaired) electrons. The summed E-state index contributed by atoms with van der Waals surface area (Å²) in [4.78, 5) is 26.7. The van der Waals surface area contributed by atoms with E-state index in [1.807, 2.05) is 24.3 Å². The predicted molar refractivity (Wildman–Crippen MR) is 143 cm³/mol. The van der Waals surface area contributed by atoms with E-state index in [1.165, 1.54) is 0 Å². The molecule has 4 rings (SSSR count). The van der Waals surface area contributed by atoms with E-state index in [0.717, 1.165) is 25.8 Å². The molecule has 0 saturated carbocycles. The molecule has 1 aliphatic heterocycles. The SMILES string of the molecule is O=C1S/C(=C/c2cc(Cl)c(OCc3ccc(I)cc3)c(Br)c2)C(=O)N1c1cccc(Cl)c1. The lowest BCUT2D eigenvalue weighted by atomic mass is 10.2. The number of halogens is 4. The second-order valence-electron chi connectivity index (χ2n) is 6.73. The van der Waals surface area contributed by atoms with Crippen molar-refractivity contribution in [3.8, 4) is 5.75 Å². The number of imide groups is 1. The molecule has 32 heavy (non-hydrogen) atoms. The van der Waals surface area contributed by atoms with Gasteiger partial charge >= 0.3 is 0 Å². The number of hydrogen-bond acceptors (Lipinski definition) is 4. The molecule has 1 fully saturated rings.